The lowest BCUT2D eigenvalue weighted by molar-refractivity contribution is 0.0928. The number of rotatable bonds is 16. The van der Waals surface area contributed by atoms with Crippen LogP contribution in [0.3, 0.4) is 0 Å². The molecule has 12 heteroatoms. The number of amides is 1. The quantitative estimate of drug-likeness (QED) is 0.0447. The number of hydrogen-bond acceptors (Lipinski definition) is 9. The average molecular weight is 577 g/mol. The second kappa shape index (κ2) is 14.5. The van der Waals surface area contributed by atoms with Gasteiger partial charge in [0.15, 0.2) is 28.9 Å². The van der Waals surface area contributed by atoms with E-state index in [0.717, 1.165) is 38.5 Å². The summed E-state index contributed by atoms with van der Waals surface area (Å²) in [5.41, 5.74) is 24.4. The van der Waals surface area contributed by atoms with Crippen molar-refractivity contribution in [1.29, 1.82) is 0 Å². The number of ketones is 2. The molecule has 1 amide bonds. The fourth-order valence-corrected chi connectivity index (χ4v) is 5.09. The number of fused-ring (bicyclic) bond motifs is 3. The topological polar surface area (TPSA) is 217 Å². The molecule has 224 valence electrons. The second-order valence-electron chi connectivity index (χ2n) is 10.2. The van der Waals surface area contributed by atoms with E-state index in [4.69, 9.17) is 27.4 Å². The molecule has 0 bridgehead atoms. The molecule has 0 fully saturated rings. The van der Waals surface area contributed by atoms with Crippen molar-refractivity contribution in [2.45, 2.75) is 38.5 Å². The van der Waals surface area contributed by atoms with Crippen LogP contribution >= 0.6 is 0 Å². The summed E-state index contributed by atoms with van der Waals surface area (Å²) in [5.74, 6) is -1.05. The number of nitrogens with two attached hydrogens (primary N) is 4. The molecule has 0 unspecified atom stereocenters. The van der Waals surface area contributed by atoms with Gasteiger partial charge in [0.25, 0.3) is 5.91 Å². The minimum atomic E-state index is -0.473. The minimum absolute atomic E-state index is 0.0341. The Labute approximate surface area is 244 Å². The number of benzene rings is 2. The summed E-state index contributed by atoms with van der Waals surface area (Å²) in [7, 11) is 0. The van der Waals surface area contributed by atoms with Gasteiger partial charge in [0.1, 0.15) is 0 Å². The van der Waals surface area contributed by atoms with Crippen LogP contribution in [0.25, 0.3) is 11.0 Å². The smallest absolute Gasteiger partial charge is 0.287 e. The molecule has 3 aromatic rings. The Morgan fingerprint density at radius 3 is 1.93 bits per heavy atom. The highest BCUT2D eigenvalue weighted by atomic mass is 16.3. The molecule has 1 aliphatic carbocycles. The largest absolute Gasteiger partial charge is 0.449 e. The molecule has 12 nitrogen and oxygen atoms in total. The number of hydrogen-bond donors (Lipinski definition) is 7. The first-order chi connectivity index (χ1) is 20.4. The molecule has 1 aliphatic rings. The average Bonchev–Trinajstić information content (AvgIpc) is 3.43. The third kappa shape index (κ3) is 6.72. The van der Waals surface area contributed by atoms with Gasteiger partial charge in [0.2, 0.25) is 0 Å². The highest BCUT2D eigenvalue weighted by molar-refractivity contribution is 6.35. The zero-order valence-corrected chi connectivity index (χ0v) is 23.8. The predicted molar refractivity (Wildman–Crippen MR) is 165 cm³/mol. The molecule has 0 aliphatic heterocycles. The summed E-state index contributed by atoms with van der Waals surface area (Å²) in [6.45, 7) is 2.65. The fraction of sp³-hybridized carbons (Fsp3) is 0.400. The van der Waals surface area contributed by atoms with E-state index in [1.165, 1.54) is 0 Å². The lowest BCUT2D eigenvalue weighted by Crippen LogP contribution is -2.28. The van der Waals surface area contributed by atoms with E-state index in [-0.39, 0.29) is 47.5 Å². The van der Waals surface area contributed by atoms with Crippen molar-refractivity contribution in [3.8, 4) is 0 Å². The first-order valence-electron chi connectivity index (χ1n) is 14.4. The summed E-state index contributed by atoms with van der Waals surface area (Å²) >= 11 is 0. The van der Waals surface area contributed by atoms with Gasteiger partial charge in [-0.05, 0) is 44.8 Å². The van der Waals surface area contributed by atoms with Crippen LogP contribution in [-0.2, 0) is 0 Å². The molecule has 11 N–H and O–H groups in total. The first-order valence-corrected chi connectivity index (χ1v) is 14.4. The summed E-state index contributed by atoms with van der Waals surface area (Å²) in [6.07, 6.45) is 5.16. The van der Waals surface area contributed by atoms with Crippen LogP contribution in [0.15, 0.2) is 39.7 Å². The van der Waals surface area contributed by atoms with E-state index in [1.807, 2.05) is 0 Å². The number of carbonyl (C=O) groups excluding carboxylic acids is 3. The zero-order valence-electron chi connectivity index (χ0n) is 23.8. The Balaban J connectivity index is 1.83. The Morgan fingerprint density at radius 1 is 0.786 bits per heavy atom. The monoisotopic (exact) mass is 576 g/mol. The third-order valence-electron chi connectivity index (χ3n) is 7.13. The summed E-state index contributed by atoms with van der Waals surface area (Å²) in [5, 5.41) is 10.0. The third-order valence-corrected chi connectivity index (χ3v) is 7.13. The Hall–Kier alpha value is -4.42. The molecule has 42 heavy (non-hydrogen) atoms. The van der Waals surface area contributed by atoms with Gasteiger partial charge < -0.3 is 43.3 Å². The van der Waals surface area contributed by atoms with Gasteiger partial charge in [-0.3, -0.25) is 19.4 Å². The summed E-state index contributed by atoms with van der Waals surface area (Å²) in [6, 6.07) is 8.41. The molecule has 0 saturated heterocycles. The van der Waals surface area contributed by atoms with E-state index in [2.05, 4.69) is 20.9 Å². The maximum Gasteiger partial charge on any atom is 0.287 e. The molecule has 4 rings (SSSR count). The van der Waals surface area contributed by atoms with E-state index in [9.17, 15) is 14.4 Å². The van der Waals surface area contributed by atoms with Crippen molar-refractivity contribution >= 4 is 45.8 Å². The molecule has 2 aromatic carbocycles. The molecule has 1 heterocycles. The summed E-state index contributed by atoms with van der Waals surface area (Å²) < 4.78 is 6.14. The number of nitrogens with one attached hydrogen (secondary N) is 3. The van der Waals surface area contributed by atoms with Gasteiger partial charge in [0, 0.05) is 36.1 Å². The lowest BCUT2D eigenvalue weighted by Gasteiger charge is -2.24. The van der Waals surface area contributed by atoms with Crippen LogP contribution < -0.4 is 38.9 Å². The zero-order chi connectivity index (χ0) is 30.1. The number of nitrogens with zero attached hydrogens (tertiary/aromatic N) is 1. The van der Waals surface area contributed by atoms with Crippen molar-refractivity contribution in [3.63, 3.8) is 0 Å². The fourth-order valence-electron chi connectivity index (χ4n) is 5.09. The van der Waals surface area contributed by atoms with Gasteiger partial charge in [-0.1, -0.05) is 37.1 Å². The van der Waals surface area contributed by atoms with Crippen molar-refractivity contribution in [1.82, 2.24) is 5.32 Å². The minimum Gasteiger partial charge on any atom is -0.449 e. The standard InChI is InChI=1S/C30H40N8O4/c31-11-5-1-7-13-35-24-20-17-21(29(41)37-15-16-38-30(33)34)42-28(20)25(36-14-8-2-6-12-32)23-22(24)26(39)18-9-3-4-10-19(18)27(23)40/h3-4,9-10,17,35-36H,1-2,5-8,11-16,31-32H2,(H,37,41)(H4,33,34,38). The van der Waals surface area contributed by atoms with Crippen LogP contribution in [-0.4, -0.2) is 62.7 Å². The van der Waals surface area contributed by atoms with E-state index in [0.29, 0.717) is 59.6 Å². The highest BCUT2D eigenvalue weighted by Crippen LogP contribution is 2.44. The molecule has 0 spiro atoms. The van der Waals surface area contributed by atoms with Gasteiger partial charge >= 0.3 is 0 Å². The maximum atomic E-state index is 14.0. The van der Waals surface area contributed by atoms with E-state index in [1.54, 1.807) is 30.3 Å². The van der Waals surface area contributed by atoms with Crippen LogP contribution in [0.5, 0.6) is 0 Å². The first kappa shape index (κ1) is 30.5. The highest BCUT2D eigenvalue weighted by Gasteiger charge is 2.37. The molecule has 1 aromatic heterocycles. The molecule has 0 atom stereocenters. The molecular formula is C30H40N8O4. The van der Waals surface area contributed by atoms with Crippen molar-refractivity contribution < 1.29 is 18.8 Å². The van der Waals surface area contributed by atoms with Gasteiger partial charge in [-0.25, -0.2) is 0 Å². The maximum absolute atomic E-state index is 14.0. The van der Waals surface area contributed by atoms with Gasteiger partial charge in [0.05, 0.1) is 29.0 Å². The molecule has 0 saturated carbocycles. The van der Waals surface area contributed by atoms with Crippen LogP contribution in [0, 0.1) is 0 Å². The lowest BCUT2D eigenvalue weighted by atomic mass is 9.81. The van der Waals surface area contributed by atoms with Crippen molar-refractivity contribution in [2.75, 3.05) is 49.9 Å². The number of unbranched alkanes of at least 4 members (excludes halogenated alkanes) is 4. The number of guanidine groups is 1. The Morgan fingerprint density at radius 2 is 1.36 bits per heavy atom. The SMILES string of the molecule is NCCCCCNc1c2c(c(NCCCCCN)c3oc(C(=O)NCCN=C(N)N)cc13)C(=O)c1ccccc1C2=O. The van der Waals surface area contributed by atoms with Crippen molar-refractivity contribution in [3.05, 3.63) is 58.3 Å². The molecular weight excluding hydrogens is 536 g/mol. The van der Waals surface area contributed by atoms with Gasteiger partial charge in [-0.15, -0.1) is 0 Å². The Kier molecular flexibility index (Phi) is 10.5. The van der Waals surface area contributed by atoms with E-state index >= 15 is 0 Å². The second-order valence-corrected chi connectivity index (χ2v) is 10.2. The molecule has 0 radical (unpaired) electrons. The summed E-state index contributed by atoms with van der Waals surface area (Å²) in [4.78, 5) is 44.9. The normalized spacial score (nSPS) is 12.1. The van der Waals surface area contributed by atoms with Crippen LogP contribution in [0.4, 0.5) is 11.4 Å². The van der Waals surface area contributed by atoms with E-state index < -0.39 is 5.91 Å². The predicted octanol–water partition coefficient (Wildman–Crippen LogP) is 2.29. The Bertz CT molecular complexity index is 1390. The van der Waals surface area contributed by atoms with Gasteiger partial charge in [-0.2, -0.15) is 0 Å². The number of furan rings is 1. The number of anilines is 2. The van der Waals surface area contributed by atoms with Crippen LogP contribution in [0.2, 0.25) is 0 Å². The number of carbonyl (C=O) groups is 3. The number of aliphatic imine (C=N–C) groups is 1. The van der Waals surface area contributed by atoms with Crippen molar-refractivity contribution in [2.24, 2.45) is 27.9 Å². The van der Waals surface area contributed by atoms with Crippen LogP contribution in [0.1, 0.15) is 80.9 Å².